The van der Waals surface area contributed by atoms with Crippen molar-refractivity contribution in [2.24, 2.45) is 0 Å². The van der Waals surface area contributed by atoms with E-state index in [1.54, 1.807) is 0 Å². The van der Waals surface area contributed by atoms with Crippen molar-refractivity contribution in [3.05, 3.63) is 10.6 Å². The van der Waals surface area contributed by atoms with Crippen LogP contribution in [0, 0.1) is 0 Å². The van der Waals surface area contributed by atoms with E-state index in [2.05, 4.69) is 4.98 Å². The van der Waals surface area contributed by atoms with E-state index >= 15 is 0 Å². The van der Waals surface area contributed by atoms with Crippen LogP contribution in [0.15, 0.2) is 0 Å². The van der Waals surface area contributed by atoms with E-state index in [1.165, 1.54) is 21.1 Å². The zero-order valence-electron chi connectivity index (χ0n) is 9.43. The van der Waals surface area contributed by atoms with Gasteiger partial charge in [0.25, 0.3) is 0 Å². The molecule has 0 spiro atoms. The van der Waals surface area contributed by atoms with Crippen molar-refractivity contribution in [2.45, 2.75) is 30.9 Å². The molecule has 0 bridgehead atoms. The first-order valence-corrected chi connectivity index (χ1v) is 8.86. The van der Waals surface area contributed by atoms with Crippen LogP contribution in [0.3, 0.4) is 0 Å². The van der Waals surface area contributed by atoms with E-state index < -0.39 is 14.3 Å². The second-order valence-electron chi connectivity index (χ2n) is 4.53. The zero-order valence-corrected chi connectivity index (χ0v) is 11.8. The molecule has 5 nitrogen and oxygen atoms in total. The fourth-order valence-electron chi connectivity index (χ4n) is 2.34. The van der Waals surface area contributed by atoms with Crippen molar-refractivity contribution in [1.82, 2.24) is 4.98 Å². The Morgan fingerprint density at radius 2 is 2.17 bits per heavy atom. The molecule has 1 unspecified atom stereocenters. The lowest BCUT2D eigenvalue weighted by atomic mass is 10.4. The molecule has 1 fully saturated rings. The molecule has 18 heavy (non-hydrogen) atoms. The van der Waals surface area contributed by atoms with Crippen LogP contribution >= 0.6 is 22.0 Å². The number of halogens is 1. The molecule has 1 atom stereocenters. The number of aromatic nitrogens is 1. The van der Waals surface area contributed by atoms with Crippen LogP contribution in [0.1, 0.15) is 23.4 Å². The molecule has 1 saturated heterocycles. The van der Waals surface area contributed by atoms with Crippen LogP contribution in [0.5, 0.6) is 0 Å². The Kier molecular flexibility index (Phi) is 2.87. The maximum atomic E-state index is 11.8. The van der Waals surface area contributed by atoms with Crippen molar-refractivity contribution in [3.8, 4) is 0 Å². The lowest BCUT2D eigenvalue weighted by Crippen LogP contribution is -2.26. The maximum Gasteiger partial charge on any atom is 0.237 e. The lowest BCUT2D eigenvalue weighted by Gasteiger charge is -2.11. The number of anilines is 1. The lowest BCUT2D eigenvalue weighted by molar-refractivity contribution is -0.117. The summed E-state index contributed by atoms with van der Waals surface area (Å²) in [5, 5.41) is -0.196. The average molecular weight is 307 g/mol. The standard InChI is InChI=1S/C10H11ClN2O3S2/c11-18(15,16)6-4-9(14)13(5-6)10-12-7-2-1-3-8(7)17-10/h6H,1-5H2. The minimum Gasteiger partial charge on any atom is -0.287 e. The summed E-state index contributed by atoms with van der Waals surface area (Å²) in [6, 6.07) is 0. The smallest absolute Gasteiger partial charge is 0.237 e. The number of fused-ring (bicyclic) bond motifs is 1. The van der Waals surface area contributed by atoms with Gasteiger partial charge in [-0.05, 0) is 19.3 Å². The largest absolute Gasteiger partial charge is 0.287 e. The fraction of sp³-hybridized carbons (Fsp3) is 0.600. The molecule has 1 aromatic rings. The Morgan fingerprint density at radius 3 is 2.78 bits per heavy atom. The molecule has 0 saturated carbocycles. The summed E-state index contributed by atoms with van der Waals surface area (Å²) in [4.78, 5) is 18.9. The molecule has 98 valence electrons. The number of nitrogens with zero attached hydrogens (tertiary/aromatic N) is 2. The summed E-state index contributed by atoms with van der Waals surface area (Å²) in [6.07, 6.45) is 3.02. The van der Waals surface area contributed by atoms with Gasteiger partial charge in [0.2, 0.25) is 15.0 Å². The van der Waals surface area contributed by atoms with Crippen molar-refractivity contribution in [3.63, 3.8) is 0 Å². The number of hydrogen-bond acceptors (Lipinski definition) is 5. The van der Waals surface area contributed by atoms with Gasteiger partial charge in [-0.3, -0.25) is 9.69 Å². The van der Waals surface area contributed by atoms with Gasteiger partial charge in [0.05, 0.1) is 5.69 Å². The van der Waals surface area contributed by atoms with Crippen LogP contribution in [-0.4, -0.2) is 31.1 Å². The topological polar surface area (TPSA) is 67.3 Å². The number of thiazole rings is 1. The Labute approximate surface area is 113 Å². The van der Waals surface area contributed by atoms with Crippen molar-refractivity contribution >= 4 is 42.1 Å². The minimum absolute atomic E-state index is 0.0456. The number of aryl methyl sites for hydroxylation is 2. The summed E-state index contributed by atoms with van der Waals surface area (Å²) in [6.45, 7) is 0.122. The van der Waals surface area contributed by atoms with Crippen LogP contribution in [-0.2, 0) is 26.7 Å². The molecule has 8 heteroatoms. The third-order valence-electron chi connectivity index (χ3n) is 3.30. The molecule has 1 aromatic heterocycles. The Hall–Kier alpha value is -0.660. The second kappa shape index (κ2) is 4.18. The van der Waals surface area contributed by atoms with Gasteiger partial charge >= 0.3 is 0 Å². The van der Waals surface area contributed by atoms with E-state index in [1.807, 2.05) is 0 Å². The van der Waals surface area contributed by atoms with Crippen molar-refractivity contribution in [2.75, 3.05) is 11.4 Å². The first kappa shape index (κ1) is 12.4. The highest BCUT2D eigenvalue weighted by Gasteiger charge is 2.39. The molecule has 0 aromatic carbocycles. The molecule has 2 aliphatic rings. The molecular weight excluding hydrogens is 296 g/mol. The van der Waals surface area contributed by atoms with E-state index in [9.17, 15) is 13.2 Å². The SMILES string of the molecule is O=C1CC(S(=O)(=O)Cl)CN1c1nc2c(s1)CCC2. The highest BCUT2D eigenvalue weighted by atomic mass is 35.7. The number of carbonyl (C=O) groups is 1. The average Bonchev–Trinajstić information content (AvgIpc) is 2.87. The highest BCUT2D eigenvalue weighted by Crippen LogP contribution is 2.35. The molecule has 1 aliphatic heterocycles. The van der Waals surface area contributed by atoms with Gasteiger partial charge in [-0.15, -0.1) is 11.3 Å². The normalized spacial score (nSPS) is 23.7. The summed E-state index contributed by atoms with van der Waals surface area (Å²) in [5.74, 6) is -0.211. The molecular formula is C10H11ClN2O3S2. The van der Waals surface area contributed by atoms with Gasteiger partial charge < -0.3 is 0 Å². The fourth-order valence-corrected chi connectivity index (χ4v) is 4.54. The number of rotatable bonds is 2. The predicted octanol–water partition coefficient (Wildman–Crippen LogP) is 1.31. The van der Waals surface area contributed by atoms with Gasteiger partial charge in [-0.1, -0.05) is 0 Å². The molecule has 1 amide bonds. The Morgan fingerprint density at radius 1 is 1.39 bits per heavy atom. The number of carbonyl (C=O) groups excluding carboxylic acids is 1. The third-order valence-corrected chi connectivity index (χ3v) is 6.35. The zero-order chi connectivity index (χ0) is 12.9. The first-order valence-electron chi connectivity index (χ1n) is 5.67. The number of hydrogen-bond donors (Lipinski definition) is 0. The maximum absolute atomic E-state index is 11.8. The molecule has 3 rings (SSSR count). The van der Waals surface area contributed by atoms with Gasteiger partial charge in [0.15, 0.2) is 5.13 Å². The quantitative estimate of drug-likeness (QED) is 0.773. The van der Waals surface area contributed by atoms with Crippen LogP contribution in [0.2, 0.25) is 0 Å². The summed E-state index contributed by atoms with van der Waals surface area (Å²) in [5.41, 5.74) is 1.06. The third kappa shape index (κ3) is 2.04. The van der Waals surface area contributed by atoms with E-state index in [0.717, 1.165) is 25.0 Å². The van der Waals surface area contributed by atoms with Gasteiger partial charge in [0, 0.05) is 28.5 Å². The predicted molar refractivity (Wildman–Crippen MR) is 69.7 cm³/mol. The highest BCUT2D eigenvalue weighted by molar-refractivity contribution is 8.14. The molecule has 0 N–H and O–H groups in total. The first-order chi connectivity index (χ1) is 8.45. The van der Waals surface area contributed by atoms with Gasteiger partial charge in [-0.2, -0.15) is 0 Å². The molecule has 2 heterocycles. The van der Waals surface area contributed by atoms with Crippen molar-refractivity contribution in [1.29, 1.82) is 0 Å². The minimum atomic E-state index is -3.68. The van der Waals surface area contributed by atoms with E-state index in [-0.39, 0.29) is 18.9 Å². The van der Waals surface area contributed by atoms with Crippen molar-refractivity contribution < 1.29 is 13.2 Å². The van der Waals surface area contributed by atoms with E-state index in [0.29, 0.717) is 5.13 Å². The van der Waals surface area contributed by atoms with E-state index in [4.69, 9.17) is 10.7 Å². The van der Waals surface area contributed by atoms with Crippen LogP contribution in [0.25, 0.3) is 0 Å². The van der Waals surface area contributed by atoms with Crippen LogP contribution in [0.4, 0.5) is 5.13 Å². The Bertz CT molecular complexity index is 589. The monoisotopic (exact) mass is 306 g/mol. The molecule has 1 aliphatic carbocycles. The summed E-state index contributed by atoms with van der Waals surface area (Å²) in [7, 11) is 1.62. The summed E-state index contributed by atoms with van der Waals surface area (Å²) >= 11 is 1.49. The van der Waals surface area contributed by atoms with Gasteiger partial charge in [-0.25, -0.2) is 13.4 Å². The van der Waals surface area contributed by atoms with Gasteiger partial charge in [0.1, 0.15) is 5.25 Å². The molecule has 0 radical (unpaired) electrons. The second-order valence-corrected chi connectivity index (χ2v) is 8.50. The van der Waals surface area contributed by atoms with Crippen LogP contribution < -0.4 is 4.90 Å². The Balaban J connectivity index is 1.87. The summed E-state index contributed by atoms with van der Waals surface area (Å²) < 4.78 is 22.5. The number of amides is 1.